The number of hydrogen-bond donors (Lipinski definition) is 0. The van der Waals surface area contributed by atoms with Crippen LogP contribution in [-0.2, 0) is 6.61 Å². The SMILES string of the molecule is Cc1ccc(OCc2nnc3sc(-c4ccc(N(C)C)cc4)nn23)cc1. The molecule has 0 amide bonds. The summed E-state index contributed by atoms with van der Waals surface area (Å²) in [4.78, 5) is 2.84. The molecule has 0 radical (unpaired) electrons. The molecule has 0 fully saturated rings. The van der Waals surface area contributed by atoms with Crippen molar-refractivity contribution in [2.45, 2.75) is 13.5 Å². The van der Waals surface area contributed by atoms with Crippen LogP contribution in [-0.4, -0.2) is 33.9 Å². The Balaban J connectivity index is 1.55. The van der Waals surface area contributed by atoms with Crippen molar-refractivity contribution in [3.63, 3.8) is 0 Å². The summed E-state index contributed by atoms with van der Waals surface area (Å²) in [6, 6.07) is 16.3. The summed E-state index contributed by atoms with van der Waals surface area (Å²) in [5, 5.41) is 14.0. The van der Waals surface area contributed by atoms with Gasteiger partial charge in [0.25, 0.3) is 0 Å². The molecule has 0 saturated carbocycles. The lowest BCUT2D eigenvalue weighted by Crippen LogP contribution is -2.07. The van der Waals surface area contributed by atoms with Crippen LogP contribution >= 0.6 is 11.3 Å². The average molecular weight is 365 g/mol. The largest absolute Gasteiger partial charge is 0.486 e. The molecule has 0 aliphatic rings. The molecule has 0 spiro atoms. The maximum Gasteiger partial charge on any atom is 0.235 e. The summed E-state index contributed by atoms with van der Waals surface area (Å²) < 4.78 is 7.56. The minimum Gasteiger partial charge on any atom is -0.486 e. The molecule has 0 N–H and O–H groups in total. The van der Waals surface area contributed by atoms with Crippen molar-refractivity contribution < 1.29 is 4.74 Å². The smallest absolute Gasteiger partial charge is 0.235 e. The second-order valence-corrected chi connectivity index (χ2v) is 7.22. The molecular weight excluding hydrogens is 346 g/mol. The van der Waals surface area contributed by atoms with E-state index in [4.69, 9.17) is 4.74 Å². The molecule has 2 aromatic heterocycles. The fourth-order valence-electron chi connectivity index (χ4n) is 2.55. The van der Waals surface area contributed by atoms with Crippen molar-refractivity contribution in [2.24, 2.45) is 0 Å². The van der Waals surface area contributed by atoms with Crippen LogP contribution in [0, 0.1) is 6.92 Å². The number of fused-ring (bicyclic) bond motifs is 1. The third kappa shape index (κ3) is 3.25. The van der Waals surface area contributed by atoms with E-state index in [0.717, 1.165) is 27.0 Å². The highest BCUT2D eigenvalue weighted by atomic mass is 32.1. The summed E-state index contributed by atoms with van der Waals surface area (Å²) >= 11 is 1.52. The number of anilines is 1. The Bertz CT molecular complexity index is 1020. The molecule has 2 heterocycles. The topological polar surface area (TPSA) is 55.6 Å². The molecule has 0 atom stereocenters. The Morgan fingerprint density at radius 2 is 1.73 bits per heavy atom. The van der Waals surface area contributed by atoms with Crippen LogP contribution in [0.4, 0.5) is 5.69 Å². The van der Waals surface area contributed by atoms with Crippen LogP contribution in [0.5, 0.6) is 5.75 Å². The minimum atomic E-state index is 0.326. The molecule has 0 aliphatic carbocycles. The van der Waals surface area contributed by atoms with Crippen LogP contribution in [0.3, 0.4) is 0 Å². The van der Waals surface area contributed by atoms with E-state index in [2.05, 4.69) is 44.5 Å². The van der Waals surface area contributed by atoms with Crippen LogP contribution in [0.2, 0.25) is 0 Å². The fraction of sp³-hybridized carbons (Fsp3) is 0.211. The van der Waals surface area contributed by atoms with Crippen molar-refractivity contribution in [3.8, 4) is 16.3 Å². The molecule has 26 heavy (non-hydrogen) atoms. The van der Waals surface area contributed by atoms with Crippen LogP contribution in [0.25, 0.3) is 15.5 Å². The number of ether oxygens (including phenoxy) is 1. The van der Waals surface area contributed by atoms with Gasteiger partial charge in [0.1, 0.15) is 17.4 Å². The minimum absolute atomic E-state index is 0.326. The van der Waals surface area contributed by atoms with Gasteiger partial charge in [-0.15, -0.1) is 10.2 Å². The van der Waals surface area contributed by atoms with Gasteiger partial charge in [0.15, 0.2) is 5.82 Å². The van der Waals surface area contributed by atoms with Crippen LogP contribution < -0.4 is 9.64 Å². The Morgan fingerprint density at radius 3 is 2.42 bits per heavy atom. The Morgan fingerprint density at radius 1 is 1.00 bits per heavy atom. The van der Waals surface area contributed by atoms with Gasteiger partial charge in [-0.3, -0.25) is 0 Å². The van der Waals surface area contributed by atoms with E-state index in [1.54, 1.807) is 4.52 Å². The molecule has 6 nitrogen and oxygen atoms in total. The highest BCUT2D eigenvalue weighted by molar-refractivity contribution is 7.19. The monoisotopic (exact) mass is 365 g/mol. The first-order chi connectivity index (χ1) is 12.6. The number of hydrogen-bond acceptors (Lipinski definition) is 6. The van der Waals surface area contributed by atoms with Crippen molar-refractivity contribution in [2.75, 3.05) is 19.0 Å². The van der Waals surface area contributed by atoms with Crippen LogP contribution in [0.15, 0.2) is 48.5 Å². The molecule has 0 unspecified atom stereocenters. The van der Waals surface area contributed by atoms with Gasteiger partial charge >= 0.3 is 0 Å². The highest BCUT2D eigenvalue weighted by Crippen LogP contribution is 2.27. The van der Waals surface area contributed by atoms with E-state index in [1.807, 2.05) is 45.3 Å². The van der Waals surface area contributed by atoms with Gasteiger partial charge in [0.05, 0.1) is 0 Å². The second-order valence-electron chi connectivity index (χ2n) is 6.26. The molecule has 0 bridgehead atoms. The third-order valence-electron chi connectivity index (χ3n) is 4.08. The predicted octanol–water partition coefficient (Wildman–Crippen LogP) is 3.81. The van der Waals surface area contributed by atoms with Gasteiger partial charge < -0.3 is 9.64 Å². The van der Waals surface area contributed by atoms with Gasteiger partial charge in [-0.2, -0.15) is 9.61 Å². The van der Waals surface area contributed by atoms with Crippen molar-refractivity contribution in [1.82, 2.24) is 19.8 Å². The van der Waals surface area contributed by atoms with Gasteiger partial charge in [0.2, 0.25) is 4.96 Å². The average Bonchev–Trinajstić information content (AvgIpc) is 3.22. The van der Waals surface area contributed by atoms with E-state index >= 15 is 0 Å². The summed E-state index contributed by atoms with van der Waals surface area (Å²) in [7, 11) is 4.05. The molecule has 7 heteroatoms. The van der Waals surface area contributed by atoms with Crippen LogP contribution in [0.1, 0.15) is 11.4 Å². The zero-order chi connectivity index (χ0) is 18.1. The van der Waals surface area contributed by atoms with Crippen molar-refractivity contribution >= 4 is 22.0 Å². The van der Waals surface area contributed by atoms with E-state index < -0.39 is 0 Å². The first-order valence-electron chi connectivity index (χ1n) is 8.28. The summed E-state index contributed by atoms with van der Waals surface area (Å²) in [6.07, 6.45) is 0. The van der Waals surface area contributed by atoms with E-state index in [9.17, 15) is 0 Å². The first-order valence-corrected chi connectivity index (χ1v) is 9.10. The molecule has 0 saturated heterocycles. The van der Waals surface area contributed by atoms with Gasteiger partial charge in [0, 0.05) is 25.3 Å². The van der Waals surface area contributed by atoms with E-state index in [0.29, 0.717) is 12.4 Å². The van der Waals surface area contributed by atoms with E-state index in [1.165, 1.54) is 16.9 Å². The predicted molar refractivity (Wildman–Crippen MR) is 104 cm³/mol. The maximum absolute atomic E-state index is 5.81. The van der Waals surface area contributed by atoms with E-state index in [-0.39, 0.29) is 0 Å². The zero-order valence-corrected chi connectivity index (χ0v) is 15.7. The Labute approximate surface area is 155 Å². The third-order valence-corrected chi connectivity index (χ3v) is 5.02. The summed E-state index contributed by atoms with van der Waals surface area (Å²) in [5.41, 5.74) is 3.42. The number of nitrogens with zero attached hydrogens (tertiary/aromatic N) is 5. The second kappa shape index (κ2) is 6.76. The highest BCUT2D eigenvalue weighted by Gasteiger charge is 2.13. The normalized spacial score (nSPS) is 11.0. The molecule has 132 valence electrons. The molecular formula is C19H19N5OS. The molecule has 4 aromatic rings. The standard InChI is InChI=1S/C19H19N5OS/c1-13-4-10-16(11-5-13)25-12-17-20-21-19-24(17)22-18(26-19)14-6-8-15(9-7-14)23(2)3/h4-11H,12H2,1-3H3. The first kappa shape index (κ1) is 16.5. The molecule has 2 aromatic carbocycles. The summed E-state index contributed by atoms with van der Waals surface area (Å²) in [5.74, 6) is 1.50. The number of aryl methyl sites for hydroxylation is 1. The number of benzene rings is 2. The fourth-order valence-corrected chi connectivity index (χ4v) is 3.41. The number of rotatable bonds is 5. The maximum atomic E-state index is 5.81. The van der Waals surface area contributed by atoms with Gasteiger partial charge in [-0.1, -0.05) is 29.0 Å². The molecule has 0 aliphatic heterocycles. The zero-order valence-electron chi connectivity index (χ0n) is 14.9. The van der Waals surface area contributed by atoms with Crippen molar-refractivity contribution in [1.29, 1.82) is 0 Å². The van der Waals surface area contributed by atoms with Gasteiger partial charge in [-0.25, -0.2) is 0 Å². The Hall–Kier alpha value is -2.93. The lowest BCUT2D eigenvalue weighted by molar-refractivity contribution is 0.293. The molecule has 4 rings (SSSR count). The Kier molecular flexibility index (Phi) is 4.30. The quantitative estimate of drug-likeness (QED) is 0.538. The summed E-state index contributed by atoms with van der Waals surface area (Å²) in [6.45, 7) is 2.38. The lowest BCUT2D eigenvalue weighted by Gasteiger charge is -2.11. The lowest BCUT2D eigenvalue weighted by atomic mass is 10.2. The number of aromatic nitrogens is 4. The van der Waals surface area contributed by atoms with Crippen molar-refractivity contribution in [3.05, 3.63) is 59.9 Å². The van der Waals surface area contributed by atoms with Gasteiger partial charge in [-0.05, 0) is 43.3 Å².